The summed E-state index contributed by atoms with van der Waals surface area (Å²) in [7, 11) is 0. The predicted molar refractivity (Wildman–Crippen MR) is 162 cm³/mol. The van der Waals surface area contributed by atoms with Crippen LogP contribution in [0.3, 0.4) is 0 Å². The van der Waals surface area contributed by atoms with E-state index < -0.39 is 22.8 Å². The molecule has 0 atom stereocenters. The predicted octanol–water partition coefficient (Wildman–Crippen LogP) is 6.06. The Hall–Kier alpha value is -3.59. The molecule has 0 bridgehead atoms. The van der Waals surface area contributed by atoms with Gasteiger partial charge in [-0.1, -0.05) is 35.3 Å². The fraction of sp³-hybridized carbons (Fsp3) is 0.290. The van der Waals surface area contributed by atoms with Crippen molar-refractivity contribution in [2.24, 2.45) is 0 Å². The molecule has 4 aromatic rings. The van der Waals surface area contributed by atoms with Gasteiger partial charge in [0.25, 0.3) is 0 Å². The number of halogens is 3. The zero-order valence-corrected chi connectivity index (χ0v) is 23.8. The molecule has 3 heterocycles. The van der Waals surface area contributed by atoms with Gasteiger partial charge in [0.1, 0.15) is 11.4 Å². The number of hydrogen-bond donors (Lipinski definition) is 1. The molecule has 2 fully saturated rings. The van der Waals surface area contributed by atoms with Gasteiger partial charge in [0.15, 0.2) is 0 Å². The number of rotatable bonds is 6. The van der Waals surface area contributed by atoms with Gasteiger partial charge in [0, 0.05) is 55.3 Å². The number of nitrogens with zero attached hydrogens (tertiary/aromatic N) is 4. The smallest absolute Gasteiger partial charge is 0.341 e. The molecule has 10 heteroatoms. The van der Waals surface area contributed by atoms with Crippen molar-refractivity contribution in [1.29, 1.82) is 0 Å². The fourth-order valence-electron chi connectivity index (χ4n) is 5.85. The van der Waals surface area contributed by atoms with Crippen molar-refractivity contribution in [2.75, 3.05) is 49.1 Å². The van der Waals surface area contributed by atoms with E-state index >= 15 is 4.39 Å². The molecule has 0 radical (unpaired) electrons. The van der Waals surface area contributed by atoms with Crippen LogP contribution in [0.4, 0.5) is 15.8 Å². The molecule has 3 aromatic carbocycles. The number of benzene rings is 3. The van der Waals surface area contributed by atoms with Crippen molar-refractivity contribution in [3.05, 3.63) is 98.0 Å². The molecule has 0 saturated carbocycles. The van der Waals surface area contributed by atoms with Crippen LogP contribution in [0.25, 0.3) is 16.6 Å². The summed E-state index contributed by atoms with van der Waals surface area (Å²) < 4.78 is 17.3. The van der Waals surface area contributed by atoms with Gasteiger partial charge in [-0.15, -0.1) is 0 Å². The normalized spacial score (nSPS) is 16.1. The Balaban J connectivity index is 1.38. The van der Waals surface area contributed by atoms with Gasteiger partial charge < -0.3 is 19.5 Å². The SMILES string of the molecule is O=C(O)c1cn(-c2ccc(CN3CCCC3)cc2)c2c(Cl)c(N3CCN(c4ccc(Cl)cc4)CC3)c(F)cc2c1=O. The molecular formula is C31H29Cl2FN4O3. The van der Waals surface area contributed by atoms with E-state index in [1.165, 1.54) is 19.0 Å². The van der Waals surface area contributed by atoms with Gasteiger partial charge in [0.2, 0.25) is 5.43 Å². The number of piperazine rings is 1. The minimum Gasteiger partial charge on any atom is -0.477 e. The number of carboxylic acids is 1. The summed E-state index contributed by atoms with van der Waals surface area (Å²) in [6, 6.07) is 16.5. The Morgan fingerprint density at radius 2 is 1.46 bits per heavy atom. The van der Waals surface area contributed by atoms with E-state index in [-0.39, 0.29) is 21.6 Å². The van der Waals surface area contributed by atoms with Gasteiger partial charge in [-0.05, 0) is 74.0 Å². The lowest BCUT2D eigenvalue weighted by Gasteiger charge is -2.38. The number of fused-ring (bicyclic) bond motifs is 1. The maximum Gasteiger partial charge on any atom is 0.341 e. The quantitative estimate of drug-likeness (QED) is 0.293. The molecule has 0 unspecified atom stereocenters. The number of carboxylic acid groups (broad SMARTS) is 1. The zero-order valence-electron chi connectivity index (χ0n) is 22.3. The maximum atomic E-state index is 15.7. The maximum absolute atomic E-state index is 15.7. The largest absolute Gasteiger partial charge is 0.477 e. The highest BCUT2D eigenvalue weighted by molar-refractivity contribution is 6.38. The van der Waals surface area contributed by atoms with E-state index in [2.05, 4.69) is 9.80 Å². The molecule has 1 aromatic heterocycles. The Kier molecular flexibility index (Phi) is 7.64. The Morgan fingerprint density at radius 3 is 2.10 bits per heavy atom. The molecule has 6 rings (SSSR count). The van der Waals surface area contributed by atoms with E-state index in [1.54, 1.807) is 4.57 Å². The highest BCUT2D eigenvalue weighted by Gasteiger charge is 2.27. The molecule has 1 N–H and O–H groups in total. The lowest BCUT2D eigenvalue weighted by molar-refractivity contribution is 0.0695. The minimum atomic E-state index is -1.38. The van der Waals surface area contributed by atoms with E-state index in [1.807, 2.05) is 53.4 Å². The summed E-state index contributed by atoms with van der Waals surface area (Å²) in [6.07, 6.45) is 3.69. The van der Waals surface area contributed by atoms with Gasteiger partial charge in [0.05, 0.1) is 21.6 Å². The summed E-state index contributed by atoms with van der Waals surface area (Å²) in [5.74, 6) is -2.04. The molecular weight excluding hydrogens is 566 g/mol. The summed E-state index contributed by atoms with van der Waals surface area (Å²) in [6.45, 7) is 5.28. The summed E-state index contributed by atoms with van der Waals surface area (Å²) in [5, 5.41) is 10.4. The van der Waals surface area contributed by atoms with Crippen molar-refractivity contribution in [2.45, 2.75) is 19.4 Å². The molecule has 7 nitrogen and oxygen atoms in total. The lowest BCUT2D eigenvalue weighted by Crippen LogP contribution is -2.47. The molecule has 212 valence electrons. The number of carbonyl (C=O) groups is 1. The Bertz CT molecular complexity index is 1660. The molecule has 2 aliphatic rings. The number of likely N-dealkylation sites (tertiary alicyclic amines) is 1. The second-order valence-corrected chi connectivity index (χ2v) is 11.4. The molecule has 2 aliphatic heterocycles. The Labute approximate surface area is 246 Å². The van der Waals surface area contributed by atoms with Crippen LogP contribution in [0.2, 0.25) is 10.0 Å². The third kappa shape index (κ3) is 5.39. The van der Waals surface area contributed by atoms with Crippen molar-refractivity contribution < 1.29 is 14.3 Å². The van der Waals surface area contributed by atoms with Crippen LogP contribution in [0, 0.1) is 5.82 Å². The molecule has 2 saturated heterocycles. The average Bonchev–Trinajstić information content (AvgIpc) is 3.48. The summed E-state index contributed by atoms with van der Waals surface area (Å²) in [4.78, 5) is 31.6. The third-order valence-corrected chi connectivity index (χ3v) is 8.60. The minimum absolute atomic E-state index is 0.0721. The van der Waals surface area contributed by atoms with Gasteiger partial charge in [-0.25, -0.2) is 9.18 Å². The monoisotopic (exact) mass is 594 g/mol. The van der Waals surface area contributed by atoms with Crippen LogP contribution in [0.5, 0.6) is 0 Å². The highest BCUT2D eigenvalue weighted by Crippen LogP contribution is 2.37. The van der Waals surface area contributed by atoms with Gasteiger partial charge in [-0.2, -0.15) is 0 Å². The summed E-state index contributed by atoms with van der Waals surface area (Å²) >= 11 is 13.0. The number of aromatic carboxylic acids is 1. The van der Waals surface area contributed by atoms with E-state index in [0.717, 1.165) is 37.0 Å². The Morgan fingerprint density at radius 1 is 0.854 bits per heavy atom. The third-order valence-electron chi connectivity index (χ3n) is 7.99. The highest BCUT2D eigenvalue weighted by atomic mass is 35.5. The van der Waals surface area contributed by atoms with E-state index in [0.29, 0.717) is 36.9 Å². The number of hydrogen-bond acceptors (Lipinski definition) is 5. The van der Waals surface area contributed by atoms with Crippen LogP contribution in [-0.2, 0) is 6.54 Å². The van der Waals surface area contributed by atoms with Crippen molar-refractivity contribution in [1.82, 2.24) is 9.47 Å². The van der Waals surface area contributed by atoms with Crippen LogP contribution in [-0.4, -0.2) is 59.8 Å². The van der Waals surface area contributed by atoms with E-state index in [4.69, 9.17) is 23.2 Å². The molecule has 0 aliphatic carbocycles. The molecule has 0 amide bonds. The van der Waals surface area contributed by atoms with Gasteiger partial charge in [-0.3, -0.25) is 9.69 Å². The lowest BCUT2D eigenvalue weighted by atomic mass is 10.1. The average molecular weight is 596 g/mol. The van der Waals surface area contributed by atoms with Crippen LogP contribution in [0.15, 0.2) is 65.6 Å². The van der Waals surface area contributed by atoms with Crippen LogP contribution >= 0.6 is 23.2 Å². The molecule has 41 heavy (non-hydrogen) atoms. The number of anilines is 2. The van der Waals surface area contributed by atoms with E-state index in [9.17, 15) is 14.7 Å². The first-order valence-corrected chi connectivity index (χ1v) is 14.4. The second kappa shape index (κ2) is 11.4. The van der Waals surface area contributed by atoms with Crippen molar-refractivity contribution in [3.63, 3.8) is 0 Å². The fourth-order valence-corrected chi connectivity index (χ4v) is 6.38. The molecule has 0 spiro atoms. The van der Waals surface area contributed by atoms with Crippen LogP contribution < -0.4 is 15.2 Å². The van der Waals surface area contributed by atoms with Crippen LogP contribution in [0.1, 0.15) is 28.8 Å². The van der Waals surface area contributed by atoms with Crippen molar-refractivity contribution >= 4 is 51.4 Å². The summed E-state index contributed by atoms with van der Waals surface area (Å²) in [5.41, 5.74) is 2.07. The van der Waals surface area contributed by atoms with Gasteiger partial charge >= 0.3 is 5.97 Å². The first kappa shape index (κ1) is 27.6. The first-order valence-electron chi connectivity index (χ1n) is 13.7. The zero-order chi connectivity index (χ0) is 28.7. The number of pyridine rings is 1. The standard InChI is InChI=1S/C31H29Cl2FN4O3/c32-21-5-9-22(10-6-21)36-13-15-37(16-14-36)29-26(34)17-24-28(27(29)33)38(19-25(30(24)39)31(40)41)23-7-3-20(4-8-23)18-35-11-1-2-12-35/h3-10,17,19H,1-2,11-16,18H2,(H,40,41). The van der Waals surface area contributed by atoms with Crippen molar-refractivity contribution in [3.8, 4) is 5.69 Å². The first-order chi connectivity index (χ1) is 19.8. The second-order valence-electron chi connectivity index (χ2n) is 10.6. The topological polar surface area (TPSA) is 69.0 Å². The number of aromatic nitrogens is 1.